The van der Waals surface area contributed by atoms with E-state index in [9.17, 15) is 4.79 Å². The third-order valence-electron chi connectivity index (χ3n) is 5.08. The number of aryl methyl sites for hydroxylation is 1. The van der Waals surface area contributed by atoms with Crippen molar-refractivity contribution in [3.63, 3.8) is 0 Å². The van der Waals surface area contributed by atoms with E-state index >= 15 is 0 Å². The molecule has 1 unspecified atom stereocenters. The second-order valence-corrected chi connectivity index (χ2v) is 7.53. The minimum atomic E-state index is -0.0577. The first kappa shape index (κ1) is 15.8. The van der Waals surface area contributed by atoms with Gasteiger partial charge in [-0.25, -0.2) is 0 Å². The Morgan fingerprint density at radius 1 is 1.42 bits per heavy atom. The van der Waals surface area contributed by atoms with E-state index in [-0.39, 0.29) is 12.0 Å². The predicted molar refractivity (Wildman–Crippen MR) is 90.9 cm³/mol. The Morgan fingerprint density at radius 2 is 2.25 bits per heavy atom. The third kappa shape index (κ3) is 2.98. The van der Waals surface area contributed by atoms with E-state index in [1.54, 1.807) is 17.7 Å². The van der Waals surface area contributed by atoms with Crippen molar-refractivity contribution in [2.75, 3.05) is 19.7 Å². The van der Waals surface area contributed by atoms with Crippen LogP contribution in [0, 0.1) is 0 Å². The molecule has 4 rings (SSSR count). The summed E-state index contributed by atoms with van der Waals surface area (Å²) in [5.74, 6) is 1.63. The van der Waals surface area contributed by atoms with E-state index in [0.717, 1.165) is 44.8 Å². The lowest BCUT2D eigenvalue weighted by Gasteiger charge is -2.33. The number of amides is 1. The standard InChI is InChI=1S/C17H22N4O2S/c1-20-11-18-19-17(20)13-2-6-21(7-3-13)15(22)10-14-16-12(4-8-23-14)5-9-24-16/h5,9,11,13-14H,2-4,6-8,10H2,1H3. The summed E-state index contributed by atoms with van der Waals surface area (Å²) in [7, 11) is 1.98. The fraction of sp³-hybridized carbons (Fsp3) is 0.588. The number of aromatic nitrogens is 3. The lowest BCUT2D eigenvalue weighted by atomic mass is 9.95. The van der Waals surface area contributed by atoms with Crippen molar-refractivity contribution in [3.05, 3.63) is 34.0 Å². The molecule has 0 aromatic carbocycles. The van der Waals surface area contributed by atoms with Crippen LogP contribution >= 0.6 is 11.3 Å². The summed E-state index contributed by atoms with van der Waals surface area (Å²) in [6.07, 6.45) is 5.01. The van der Waals surface area contributed by atoms with Gasteiger partial charge in [-0.3, -0.25) is 4.79 Å². The maximum Gasteiger partial charge on any atom is 0.225 e. The molecule has 0 N–H and O–H groups in total. The van der Waals surface area contributed by atoms with Crippen molar-refractivity contribution in [1.29, 1.82) is 0 Å². The fourth-order valence-electron chi connectivity index (χ4n) is 3.71. The average Bonchev–Trinajstić information content (AvgIpc) is 3.24. The maximum atomic E-state index is 12.7. The van der Waals surface area contributed by atoms with E-state index in [1.165, 1.54) is 10.4 Å². The lowest BCUT2D eigenvalue weighted by molar-refractivity contribution is -0.135. The van der Waals surface area contributed by atoms with Crippen LogP contribution in [-0.4, -0.2) is 45.3 Å². The lowest BCUT2D eigenvalue weighted by Crippen LogP contribution is -2.39. The highest BCUT2D eigenvalue weighted by Gasteiger charge is 2.30. The number of ether oxygens (including phenoxy) is 1. The molecule has 128 valence electrons. The molecule has 0 saturated carbocycles. The zero-order valence-corrected chi connectivity index (χ0v) is 14.7. The smallest absolute Gasteiger partial charge is 0.225 e. The van der Waals surface area contributed by atoms with Crippen LogP contribution in [0.3, 0.4) is 0 Å². The van der Waals surface area contributed by atoms with Crippen LogP contribution in [0.15, 0.2) is 17.8 Å². The van der Waals surface area contributed by atoms with Crippen LogP contribution in [0.2, 0.25) is 0 Å². The number of hydrogen-bond acceptors (Lipinski definition) is 5. The molecule has 24 heavy (non-hydrogen) atoms. The largest absolute Gasteiger partial charge is 0.372 e. The minimum absolute atomic E-state index is 0.0577. The molecule has 0 spiro atoms. The Morgan fingerprint density at radius 3 is 3.00 bits per heavy atom. The van der Waals surface area contributed by atoms with Gasteiger partial charge in [-0.05, 0) is 36.3 Å². The first-order valence-corrected chi connectivity index (χ1v) is 9.40. The molecule has 2 aromatic rings. The van der Waals surface area contributed by atoms with Crippen molar-refractivity contribution in [3.8, 4) is 0 Å². The molecule has 7 heteroatoms. The molecule has 4 heterocycles. The summed E-state index contributed by atoms with van der Waals surface area (Å²) < 4.78 is 7.84. The van der Waals surface area contributed by atoms with Gasteiger partial charge < -0.3 is 14.2 Å². The molecule has 0 radical (unpaired) electrons. The Balaban J connectivity index is 1.35. The van der Waals surface area contributed by atoms with Gasteiger partial charge >= 0.3 is 0 Å². The number of nitrogens with zero attached hydrogens (tertiary/aromatic N) is 4. The molecular formula is C17H22N4O2S. The van der Waals surface area contributed by atoms with E-state index in [1.807, 2.05) is 16.5 Å². The molecule has 2 aromatic heterocycles. The summed E-state index contributed by atoms with van der Waals surface area (Å²) >= 11 is 1.71. The van der Waals surface area contributed by atoms with Crippen molar-refractivity contribution in [2.24, 2.45) is 7.05 Å². The third-order valence-corrected chi connectivity index (χ3v) is 6.13. The van der Waals surface area contributed by atoms with E-state index in [0.29, 0.717) is 12.3 Å². The number of hydrogen-bond donors (Lipinski definition) is 0. The van der Waals surface area contributed by atoms with Crippen LogP contribution in [0.4, 0.5) is 0 Å². The van der Waals surface area contributed by atoms with Gasteiger partial charge in [-0.2, -0.15) is 0 Å². The molecule has 6 nitrogen and oxygen atoms in total. The highest BCUT2D eigenvalue weighted by atomic mass is 32.1. The van der Waals surface area contributed by atoms with E-state index in [2.05, 4.69) is 21.6 Å². The van der Waals surface area contributed by atoms with Crippen LogP contribution in [0.5, 0.6) is 0 Å². The summed E-state index contributed by atoms with van der Waals surface area (Å²) in [6, 6.07) is 2.16. The van der Waals surface area contributed by atoms with Gasteiger partial charge in [0.15, 0.2) is 0 Å². The SMILES string of the molecule is Cn1cnnc1C1CCN(C(=O)CC2OCCc3ccsc32)CC1. The van der Waals surface area contributed by atoms with E-state index < -0.39 is 0 Å². The first-order valence-electron chi connectivity index (χ1n) is 8.52. The number of rotatable bonds is 3. The number of piperidine rings is 1. The molecule has 2 aliphatic heterocycles. The summed E-state index contributed by atoms with van der Waals surface area (Å²) in [6.45, 7) is 2.30. The molecule has 0 aliphatic carbocycles. The number of likely N-dealkylation sites (tertiary alicyclic amines) is 1. The molecular weight excluding hydrogens is 324 g/mol. The van der Waals surface area contributed by atoms with Crippen molar-refractivity contribution >= 4 is 17.2 Å². The number of thiophene rings is 1. The fourth-order valence-corrected chi connectivity index (χ4v) is 4.72. The number of carbonyl (C=O) groups excluding carboxylic acids is 1. The van der Waals surface area contributed by atoms with Crippen molar-refractivity contribution < 1.29 is 9.53 Å². The monoisotopic (exact) mass is 346 g/mol. The molecule has 1 saturated heterocycles. The van der Waals surface area contributed by atoms with Gasteiger partial charge in [0.05, 0.1) is 13.0 Å². The molecule has 2 aliphatic rings. The average molecular weight is 346 g/mol. The molecule has 1 amide bonds. The highest BCUT2D eigenvalue weighted by Crippen LogP contribution is 2.35. The Hall–Kier alpha value is -1.73. The first-order chi connectivity index (χ1) is 11.7. The van der Waals surface area contributed by atoms with Gasteiger partial charge in [0.1, 0.15) is 18.3 Å². The number of fused-ring (bicyclic) bond motifs is 1. The molecule has 1 fully saturated rings. The summed E-state index contributed by atoms with van der Waals surface area (Å²) in [5.41, 5.74) is 1.35. The maximum absolute atomic E-state index is 12.7. The van der Waals surface area contributed by atoms with Crippen molar-refractivity contribution in [1.82, 2.24) is 19.7 Å². The Labute approximate surface area is 145 Å². The van der Waals surface area contributed by atoms with Gasteiger partial charge in [0.25, 0.3) is 0 Å². The molecule has 0 bridgehead atoms. The van der Waals surface area contributed by atoms with Gasteiger partial charge in [-0.15, -0.1) is 21.5 Å². The topological polar surface area (TPSA) is 60.2 Å². The number of carbonyl (C=O) groups is 1. The zero-order chi connectivity index (χ0) is 16.5. The van der Waals surface area contributed by atoms with E-state index in [4.69, 9.17) is 4.74 Å². The van der Waals surface area contributed by atoms with Crippen LogP contribution in [0.1, 0.15) is 47.5 Å². The second-order valence-electron chi connectivity index (χ2n) is 6.58. The summed E-state index contributed by atoms with van der Waals surface area (Å²) in [4.78, 5) is 15.9. The predicted octanol–water partition coefficient (Wildman–Crippen LogP) is 2.29. The van der Waals surface area contributed by atoms with Gasteiger partial charge in [-0.1, -0.05) is 0 Å². The quantitative estimate of drug-likeness (QED) is 0.855. The molecule has 1 atom stereocenters. The minimum Gasteiger partial charge on any atom is -0.372 e. The van der Waals surface area contributed by atoms with Gasteiger partial charge in [0.2, 0.25) is 5.91 Å². The normalized spacial score (nSPS) is 21.7. The van der Waals surface area contributed by atoms with Crippen molar-refractivity contribution in [2.45, 2.75) is 37.7 Å². The van der Waals surface area contributed by atoms with Crippen LogP contribution in [-0.2, 0) is 23.0 Å². The highest BCUT2D eigenvalue weighted by molar-refractivity contribution is 7.10. The van der Waals surface area contributed by atoms with Crippen LogP contribution in [0.25, 0.3) is 0 Å². The Kier molecular flexibility index (Phi) is 4.37. The zero-order valence-electron chi connectivity index (χ0n) is 13.9. The second kappa shape index (κ2) is 6.64. The Bertz CT molecular complexity index is 718. The summed E-state index contributed by atoms with van der Waals surface area (Å²) in [5, 5.41) is 10.3. The van der Waals surface area contributed by atoms with Crippen LogP contribution < -0.4 is 0 Å². The van der Waals surface area contributed by atoms with Gasteiger partial charge in [0, 0.05) is 30.9 Å².